The minimum absolute atomic E-state index is 0.202. The van der Waals surface area contributed by atoms with Gasteiger partial charge in [-0.2, -0.15) is 0 Å². The predicted octanol–water partition coefficient (Wildman–Crippen LogP) is 1.96. The number of nitrogens with one attached hydrogen (secondary N) is 1. The van der Waals surface area contributed by atoms with Crippen molar-refractivity contribution in [3.8, 4) is 5.69 Å². The lowest BCUT2D eigenvalue weighted by atomic mass is 10.3. The molecule has 5 heteroatoms. The van der Waals surface area contributed by atoms with Gasteiger partial charge in [0, 0.05) is 6.54 Å². The molecule has 5 nitrogen and oxygen atoms in total. The van der Waals surface area contributed by atoms with Crippen LogP contribution in [-0.4, -0.2) is 27.4 Å². The molecular formula is C14H16N4O. The van der Waals surface area contributed by atoms with Crippen LogP contribution in [-0.2, 0) is 0 Å². The zero-order valence-corrected chi connectivity index (χ0v) is 10.8. The van der Waals surface area contributed by atoms with E-state index in [-0.39, 0.29) is 5.91 Å². The van der Waals surface area contributed by atoms with Crippen LogP contribution in [0.25, 0.3) is 5.69 Å². The molecule has 0 aliphatic carbocycles. The van der Waals surface area contributed by atoms with E-state index >= 15 is 0 Å². The molecule has 2 rings (SSSR count). The number of carbonyl (C=O) groups excluding carboxylic acids is 1. The summed E-state index contributed by atoms with van der Waals surface area (Å²) in [4.78, 5) is 11.8. The maximum Gasteiger partial charge on any atom is 0.273 e. The van der Waals surface area contributed by atoms with E-state index in [2.05, 4.69) is 15.6 Å². The summed E-state index contributed by atoms with van der Waals surface area (Å²) in [6, 6.07) is 9.56. The zero-order chi connectivity index (χ0) is 13.5. The Morgan fingerprint density at radius 1 is 1.37 bits per heavy atom. The summed E-state index contributed by atoms with van der Waals surface area (Å²) in [5, 5.41) is 10.6. The van der Waals surface area contributed by atoms with Crippen molar-refractivity contribution in [2.45, 2.75) is 13.3 Å². The van der Waals surface area contributed by atoms with Gasteiger partial charge >= 0.3 is 0 Å². The molecule has 2 aromatic rings. The van der Waals surface area contributed by atoms with Gasteiger partial charge in [0.2, 0.25) is 0 Å². The quantitative estimate of drug-likeness (QED) is 0.657. The highest BCUT2D eigenvalue weighted by Gasteiger charge is 2.10. The number of aromatic nitrogens is 3. The summed E-state index contributed by atoms with van der Waals surface area (Å²) in [7, 11) is 0. The van der Waals surface area contributed by atoms with Gasteiger partial charge in [0.05, 0.1) is 11.9 Å². The van der Waals surface area contributed by atoms with Crippen molar-refractivity contribution < 1.29 is 4.79 Å². The number of hydrogen-bond acceptors (Lipinski definition) is 3. The number of rotatable bonds is 5. The summed E-state index contributed by atoms with van der Waals surface area (Å²) in [6.07, 6.45) is 6.40. The number of para-hydroxylation sites is 1. The van der Waals surface area contributed by atoms with Crippen molar-refractivity contribution in [1.29, 1.82) is 0 Å². The molecule has 0 atom stereocenters. The number of hydrogen-bond donors (Lipinski definition) is 1. The maximum absolute atomic E-state index is 11.8. The Hall–Kier alpha value is -2.43. The normalized spacial score (nSPS) is 10.8. The van der Waals surface area contributed by atoms with Crippen molar-refractivity contribution >= 4 is 5.91 Å². The van der Waals surface area contributed by atoms with Crippen LogP contribution in [0.3, 0.4) is 0 Å². The molecule has 0 aliphatic heterocycles. The molecule has 19 heavy (non-hydrogen) atoms. The third-order valence-electron chi connectivity index (χ3n) is 2.58. The Bertz CT molecular complexity index is 560. The monoisotopic (exact) mass is 256 g/mol. The van der Waals surface area contributed by atoms with Gasteiger partial charge in [0.25, 0.3) is 5.91 Å². The molecule has 0 bridgehead atoms. The van der Waals surface area contributed by atoms with Crippen molar-refractivity contribution in [2.75, 3.05) is 6.54 Å². The Morgan fingerprint density at radius 3 is 2.89 bits per heavy atom. The molecule has 98 valence electrons. The highest BCUT2D eigenvalue weighted by atomic mass is 16.2. The molecular weight excluding hydrogens is 240 g/mol. The Morgan fingerprint density at radius 2 is 2.16 bits per heavy atom. The average Bonchev–Trinajstić information content (AvgIpc) is 2.94. The Balaban J connectivity index is 1.99. The van der Waals surface area contributed by atoms with Gasteiger partial charge in [-0.3, -0.25) is 4.79 Å². The minimum Gasteiger partial charge on any atom is -0.350 e. The molecule has 0 fully saturated rings. The van der Waals surface area contributed by atoms with E-state index < -0.39 is 0 Å². The van der Waals surface area contributed by atoms with Gasteiger partial charge in [-0.15, -0.1) is 5.10 Å². The highest BCUT2D eigenvalue weighted by Crippen LogP contribution is 2.05. The van der Waals surface area contributed by atoms with Crippen molar-refractivity contribution in [2.24, 2.45) is 0 Å². The second kappa shape index (κ2) is 6.49. The predicted molar refractivity (Wildman–Crippen MR) is 73.1 cm³/mol. The van der Waals surface area contributed by atoms with Crippen LogP contribution in [0.1, 0.15) is 23.8 Å². The largest absolute Gasteiger partial charge is 0.350 e. The van der Waals surface area contributed by atoms with E-state index in [1.165, 1.54) is 0 Å². The van der Waals surface area contributed by atoms with Gasteiger partial charge in [-0.25, -0.2) is 4.68 Å². The number of nitrogens with zero attached hydrogens (tertiary/aromatic N) is 3. The fraction of sp³-hybridized carbons (Fsp3) is 0.214. The minimum atomic E-state index is -0.202. The summed E-state index contributed by atoms with van der Waals surface area (Å²) >= 11 is 0. The van der Waals surface area contributed by atoms with Gasteiger partial charge in [-0.1, -0.05) is 35.6 Å². The molecule has 1 aromatic heterocycles. The number of allylic oxidation sites excluding steroid dienone is 1. The summed E-state index contributed by atoms with van der Waals surface area (Å²) in [6.45, 7) is 2.55. The fourth-order valence-corrected chi connectivity index (χ4v) is 1.60. The zero-order valence-electron chi connectivity index (χ0n) is 10.8. The summed E-state index contributed by atoms with van der Waals surface area (Å²) in [5.41, 5.74) is 1.20. The van der Waals surface area contributed by atoms with Crippen LogP contribution in [0.4, 0.5) is 0 Å². The van der Waals surface area contributed by atoms with Crippen LogP contribution in [0, 0.1) is 0 Å². The van der Waals surface area contributed by atoms with Gasteiger partial charge in [0.1, 0.15) is 0 Å². The molecule has 1 heterocycles. The second-order valence-electron chi connectivity index (χ2n) is 4.00. The first-order valence-corrected chi connectivity index (χ1v) is 6.18. The first-order valence-electron chi connectivity index (χ1n) is 6.18. The average molecular weight is 256 g/mol. The van der Waals surface area contributed by atoms with E-state index in [0.29, 0.717) is 12.2 Å². The smallest absolute Gasteiger partial charge is 0.273 e. The maximum atomic E-state index is 11.8. The van der Waals surface area contributed by atoms with Gasteiger partial charge < -0.3 is 5.32 Å². The van der Waals surface area contributed by atoms with Crippen LogP contribution < -0.4 is 5.32 Å². The Kier molecular flexibility index (Phi) is 4.44. The van der Waals surface area contributed by atoms with Crippen LogP contribution in [0.5, 0.6) is 0 Å². The molecule has 0 unspecified atom stereocenters. The number of benzene rings is 1. The molecule has 0 radical (unpaired) electrons. The first kappa shape index (κ1) is 13.0. The van der Waals surface area contributed by atoms with Gasteiger partial charge in [0.15, 0.2) is 5.69 Å². The van der Waals surface area contributed by atoms with Crippen molar-refractivity contribution in [1.82, 2.24) is 20.3 Å². The number of carbonyl (C=O) groups is 1. The van der Waals surface area contributed by atoms with Crippen molar-refractivity contribution in [3.05, 3.63) is 54.4 Å². The van der Waals surface area contributed by atoms with Crippen molar-refractivity contribution in [3.63, 3.8) is 0 Å². The third-order valence-corrected chi connectivity index (χ3v) is 2.58. The second-order valence-corrected chi connectivity index (χ2v) is 4.00. The SMILES string of the molecule is C/C=C/CCNC(=O)c1cn(-c2ccccc2)nn1. The van der Waals surface area contributed by atoms with E-state index in [0.717, 1.165) is 12.1 Å². The third kappa shape index (κ3) is 3.51. The van der Waals surface area contributed by atoms with Crippen LogP contribution in [0.15, 0.2) is 48.7 Å². The lowest BCUT2D eigenvalue weighted by molar-refractivity contribution is 0.0949. The van der Waals surface area contributed by atoms with E-state index in [1.54, 1.807) is 10.9 Å². The highest BCUT2D eigenvalue weighted by molar-refractivity contribution is 5.91. The lowest BCUT2D eigenvalue weighted by Gasteiger charge is -1.99. The fourth-order valence-electron chi connectivity index (χ4n) is 1.60. The topological polar surface area (TPSA) is 59.8 Å². The summed E-state index contributed by atoms with van der Waals surface area (Å²) in [5.74, 6) is -0.202. The Labute approximate surface area is 111 Å². The molecule has 0 spiro atoms. The molecule has 0 aliphatic rings. The van der Waals surface area contributed by atoms with E-state index in [4.69, 9.17) is 0 Å². The molecule has 0 saturated carbocycles. The van der Waals surface area contributed by atoms with Crippen LogP contribution in [0.2, 0.25) is 0 Å². The molecule has 1 amide bonds. The standard InChI is InChI=1S/C14H16N4O/c1-2-3-7-10-15-14(19)13-11-18(17-16-13)12-8-5-4-6-9-12/h2-6,8-9,11H,7,10H2,1H3,(H,15,19)/b3-2+. The molecule has 0 saturated heterocycles. The summed E-state index contributed by atoms with van der Waals surface area (Å²) < 4.78 is 1.58. The first-order chi connectivity index (χ1) is 9.31. The van der Waals surface area contributed by atoms with Gasteiger partial charge in [-0.05, 0) is 25.5 Å². The molecule has 1 aromatic carbocycles. The molecule has 1 N–H and O–H groups in total. The van der Waals surface area contributed by atoms with E-state index in [1.807, 2.05) is 49.4 Å². The van der Waals surface area contributed by atoms with Crippen LogP contribution >= 0.6 is 0 Å². The number of amides is 1. The lowest BCUT2D eigenvalue weighted by Crippen LogP contribution is -2.24. The van der Waals surface area contributed by atoms with E-state index in [9.17, 15) is 4.79 Å².